The number of aromatic nitrogens is 5. The highest BCUT2D eigenvalue weighted by Crippen LogP contribution is 2.25. The minimum atomic E-state index is -0.205. The van der Waals surface area contributed by atoms with Gasteiger partial charge in [-0.05, 0) is 6.92 Å². The van der Waals surface area contributed by atoms with E-state index in [1.54, 1.807) is 34.0 Å². The molecule has 3 rings (SSSR count). The fraction of sp³-hybridized carbons (Fsp3) is 0.308. The van der Waals surface area contributed by atoms with Gasteiger partial charge in [0, 0.05) is 37.5 Å². The van der Waals surface area contributed by atoms with Crippen LogP contribution in [0.25, 0.3) is 5.52 Å². The van der Waals surface area contributed by atoms with Gasteiger partial charge in [0.05, 0.1) is 34.3 Å². The summed E-state index contributed by atoms with van der Waals surface area (Å²) in [6, 6.07) is -0.205. The summed E-state index contributed by atoms with van der Waals surface area (Å²) in [7, 11) is 1.87. The minimum Gasteiger partial charge on any atom is -0.324 e. The number of fused-ring (bicyclic) bond motifs is 1. The smallest absolute Gasteiger partial charge is 0.0892 e. The average Bonchev–Trinajstić information content (AvgIpc) is 2.96. The van der Waals surface area contributed by atoms with Crippen LogP contribution in [-0.4, -0.2) is 24.4 Å². The largest absolute Gasteiger partial charge is 0.324 e. The molecular weight excluding hydrogens is 276 g/mol. The van der Waals surface area contributed by atoms with E-state index in [4.69, 9.17) is 17.3 Å². The monoisotopic (exact) mass is 290 g/mol. The van der Waals surface area contributed by atoms with Crippen molar-refractivity contribution in [1.82, 2.24) is 24.4 Å². The second-order valence-electron chi connectivity index (χ2n) is 4.79. The van der Waals surface area contributed by atoms with Crippen molar-refractivity contribution in [2.45, 2.75) is 19.4 Å². The van der Waals surface area contributed by atoms with Gasteiger partial charge in [0.15, 0.2) is 0 Å². The average molecular weight is 291 g/mol. The maximum atomic E-state index is 6.30. The molecule has 0 amide bonds. The molecule has 20 heavy (non-hydrogen) atoms. The van der Waals surface area contributed by atoms with Gasteiger partial charge in [-0.25, -0.2) is 4.52 Å². The van der Waals surface area contributed by atoms with Gasteiger partial charge in [-0.2, -0.15) is 10.2 Å². The summed E-state index contributed by atoms with van der Waals surface area (Å²) in [6.07, 6.45) is 7.63. The number of nitrogens with zero attached hydrogens (tertiary/aromatic N) is 5. The number of hydrogen-bond acceptors (Lipinski definition) is 4. The highest BCUT2D eigenvalue weighted by atomic mass is 35.5. The van der Waals surface area contributed by atoms with Gasteiger partial charge in [-0.3, -0.25) is 9.67 Å². The van der Waals surface area contributed by atoms with Crippen LogP contribution in [0, 0.1) is 6.92 Å². The SMILES string of the molecule is Cc1nn(C)c(CC(N)c2cnn3ccncc23)c1Cl. The predicted molar refractivity (Wildman–Crippen MR) is 76.6 cm³/mol. The van der Waals surface area contributed by atoms with E-state index in [1.807, 2.05) is 14.0 Å². The van der Waals surface area contributed by atoms with E-state index in [-0.39, 0.29) is 6.04 Å². The van der Waals surface area contributed by atoms with Crippen LogP contribution in [0.2, 0.25) is 5.02 Å². The second kappa shape index (κ2) is 4.88. The minimum absolute atomic E-state index is 0.205. The molecule has 3 heterocycles. The molecule has 0 fully saturated rings. The Hall–Kier alpha value is -1.92. The molecule has 3 aromatic rings. The van der Waals surface area contributed by atoms with Crippen molar-refractivity contribution in [1.29, 1.82) is 0 Å². The molecule has 0 saturated heterocycles. The normalized spacial score (nSPS) is 13.0. The number of rotatable bonds is 3. The van der Waals surface area contributed by atoms with Crippen molar-refractivity contribution < 1.29 is 0 Å². The molecule has 0 aliphatic heterocycles. The van der Waals surface area contributed by atoms with Crippen LogP contribution < -0.4 is 5.73 Å². The Bertz CT molecular complexity index is 759. The topological polar surface area (TPSA) is 74.0 Å². The van der Waals surface area contributed by atoms with Crippen molar-refractivity contribution >= 4 is 17.1 Å². The van der Waals surface area contributed by atoms with E-state index in [9.17, 15) is 0 Å². The Balaban J connectivity index is 1.95. The molecule has 7 heteroatoms. The first-order valence-electron chi connectivity index (χ1n) is 6.28. The second-order valence-corrected chi connectivity index (χ2v) is 5.16. The first kappa shape index (κ1) is 13.1. The maximum absolute atomic E-state index is 6.30. The van der Waals surface area contributed by atoms with Gasteiger partial charge in [-0.1, -0.05) is 11.6 Å². The molecular formula is C13H15ClN6. The molecule has 0 aliphatic carbocycles. The first-order valence-corrected chi connectivity index (χ1v) is 6.66. The fourth-order valence-corrected chi connectivity index (χ4v) is 2.60. The Morgan fingerprint density at radius 1 is 1.40 bits per heavy atom. The van der Waals surface area contributed by atoms with E-state index in [0.717, 1.165) is 22.5 Å². The third-order valence-electron chi connectivity index (χ3n) is 3.43. The summed E-state index contributed by atoms with van der Waals surface area (Å²) in [4.78, 5) is 4.11. The summed E-state index contributed by atoms with van der Waals surface area (Å²) in [5, 5.41) is 9.25. The van der Waals surface area contributed by atoms with E-state index in [0.29, 0.717) is 11.4 Å². The highest BCUT2D eigenvalue weighted by Gasteiger charge is 2.18. The molecule has 0 radical (unpaired) electrons. The highest BCUT2D eigenvalue weighted by molar-refractivity contribution is 6.31. The standard InChI is InChI=1S/C13H15ClN6/c1-8-13(14)11(19(2)18-8)5-10(15)9-6-17-20-4-3-16-7-12(9)20/h3-4,6-7,10H,5,15H2,1-2H3. The van der Waals surface area contributed by atoms with E-state index in [2.05, 4.69) is 15.2 Å². The van der Waals surface area contributed by atoms with Crippen LogP contribution in [0.3, 0.4) is 0 Å². The molecule has 0 saturated carbocycles. The van der Waals surface area contributed by atoms with E-state index >= 15 is 0 Å². The summed E-state index contributed by atoms with van der Waals surface area (Å²) in [5.74, 6) is 0. The molecule has 2 N–H and O–H groups in total. The van der Waals surface area contributed by atoms with Crippen LogP contribution >= 0.6 is 11.6 Å². The predicted octanol–water partition coefficient (Wildman–Crippen LogP) is 1.67. The van der Waals surface area contributed by atoms with Crippen LogP contribution in [0.15, 0.2) is 24.8 Å². The van der Waals surface area contributed by atoms with Gasteiger partial charge < -0.3 is 5.73 Å². The van der Waals surface area contributed by atoms with Gasteiger partial charge >= 0.3 is 0 Å². The van der Waals surface area contributed by atoms with Crippen LogP contribution in [0.1, 0.15) is 23.0 Å². The number of nitrogens with two attached hydrogens (primary N) is 1. The molecule has 6 nitrogen and oxygen atoms in total. The summed E-state index contributed by atoms with van der Waals surface area (Å²) in [5.41, 5.74) is 9.92. The van der Waals surface area contributed by atoms with Crippen molar-refractivity contribution in [3.05, 3.63) is 46.8 Å². The van der Waals surface area contributed by atoms with Gasteiger partial charge in [0.1, 0.15) is 0 Å². The van der Waals surface area contributed by atoms with Gasteiger partial charge in [-0.15, -0.1) is 0 Å². The molecule has 0 aliphatic rings. The van der Waals surface area contributed by atoms with Gasteiger partial charge in [0.25, 0.3) is 0 Å². The molecule has 1 atom stereocenters. The molecule has 3 aromatic heterocycles. The third kappa shape index (κ3) is 2.07. The van der Waals surface area contributed by atoms with Gasteiger partial charge in [0.2, 0.25) is 0 Å². The number of halogens is 1. The van der Waals surface area contributed by atoms with Crippen LogP contribution in [-0.2, 0) is 13.5 Å². The van der Waals surface area contributed by atoms with Crippen molar-refractivity contribution in [3.63, 3.8) is 0 Å². The molecule has 0 aromatic carbocycles. The number of aryl methyl sites for hydroxylation is 2. The summed E-state index contributed by atoms with van der Waals surface area (Å²) < 4.78 is 3.54. The molecule has 0 bridgehead atoms. The third-order valence-corrected chi connectivity index (χ3v) is 3.92. The Morgan fingerprint density at radius 3 is 2.90 bits per heavy atom. The maximum Gasteiger partial charge on any atom is 0.0892 e. The Morgan fingerprint density at radius 2 is 2.20 bits per heavy atom. The van der Waals surface area contributed by atoms with Crippen LogP contribution in [0.4, 0.5) is 0 Å². The number of hydrogen-bond donors (Lipinski definition) is 1. The fourth-order valence-electron chi connectivity index (χ4n) is 2.36. The summed E-state index contributed by atoms with van der Waals surface area (Å²) >= 11 is 6.27. The first-order chi connectivity index (χ1) is 9.58. The Labute approximate surface area is 121 Å². The molecule has 104 valence electrons. The lowest BCUT2D eigenvalue weighted by Gasteiger charge is -2.11. The molecule has 1 unspecified atom stereocenters. The summed E-state index contributed by atoms with van der Waals surface area (Å²) in [6.45, 7) is 1.89. The zero-order chi connectivity index (χ0) is 14.3. The zero-order valence-corrected chi connectivity index (χ0v) is 12.0. The van der Waals surface area contributed by atoms with Crippen molar-refractivity contribution in [3.8, 4) is 0 Å². The lowest BCUT2D eigenvalue weighted by molar-refractivity contribution is 0.642. The van der Waals surface area contributed by atoms with E-state index < -0.39 is 0 Å². The molecule has 0 spiro atoms. The lowest BCUT2D eigenvalue weighted by atomic mass is 10.0. The van der Waals surface area contributed by atoms with Crippen molar-refractivity contribution in [2.24, 2.45) is 12.8 Å². The quantitative estimate of drug-likeness (QED) is 0.796. The lowest BCUT2D eigenvalue weighted by Crippen LogP contribution is -2.15. The van der Waals surface area contributed by atoms with Crippen molar-refractivity contribution in [2.75, 3.05) is 0 Å². The van der Waals surface area contributed by atoms with E-state index in [1.165, 1.54) is 0 Å². The Kier molecular flexibility index (Phi) is 3.19. The van der Waals surface area contributed by atoms with Crippen LogP contribution in [0.5, 0.6) is 0 Å². The zero-order valence-electron chi connectivity index (χ0n) is 11.3.